The molecule has 0 fully saturated rings. The van der Waals surface area contributed by atoms with Crippen LogP contribution in [0.15, 0.2) is 81.2 Å². The quantitative estimate of drug-likeness (QED) is 0.336. The van der Waals surface area contributed by atoms with E-state index in [1.807, 2.05) is 51.0 Å². The number of hydrazone groups is 1. The molecule has 0 radical (unpaired) electrons. The largest absolute Gasteiger partial charge is 0.377 e. The number of rotatable bonds is 8. The first-order valence-electron chi connectivity index (χ1n) is 10.5. The molecule has 178 valence electrons. The Kier molecular flexibility index (Phi) is 8.11. The Morgan fingerprint density at radius 2 is 1.56 bits per heavy atom. The molecule has 9 heteroatoms. The molecule has 0 spiro atoms. The number of hydrogen-bond donors (Lipinski definition) is 1. The molecule has 0 aliphatic heterocycles. The van der Waals surface area contributed by atoms with Crippen LogP contribution in [0.3, 0.4) is 0 Å². The molecule has 34 heavy (non-hydrogen) atoms. The number of benzene rings is 3. The zero-order valence-electron chi connectivity index (χ0n) is 19.5. The van der Waals surface area contributed by atoms with Crippen LogP contribution >= 0.6 is 15.9 Å². The van der Waals surface area contributed by atoms with Crippen molar-refractivity contribution in [2.24, 2.45) is 5.10 Å². The Morgan fingerprint density at radius 3 is 2.12 bits per heavy atom. The predicted molar refractivity (Wildman–Crippen MR) is 141 cm³/mol. The predicted octanol–water partition coefficient (Wildman–Crippen LogP) is 4.48. The van der Waals surface area contributed by atoms with Gasteiger partial charge in [-0.3, -0.25) is 9.10 Å². The third kappa shape index (κ3) is 6.24. The van der Waals surface area contributed by atoms with Gasteiger partial charge in [-0.15, -0.1) is 0 Å². The lowest BCUT2D eigenvalue weighted by Crippen LogP contribution is -2.39. The van der Waals surface area contributed by atoms with Crippen LogP contribution in [-0.4, -0.2) is 41.2 Å². The smallest absolute Gasteiger partial charge is 0.264 e. The van der Waals surface area contributed by atoms with Crippen LogP contribution in [0.2, 0.25) is 0 Å². The second kappa shape index (κ2) is 10.8. The standard InChI is InChI=1S/C25H27BrN4O3S/c1-18-5-10-21(11-6-18)30(34(32,33)22-12-7-19(2)8-13-22)17-25(31)28-27-16-20-9-14-24(29(3)4)23(26)15-20/h5-16H,17H2,1-4H3,(H,28,31)/b27-16+. The molecular formula is C25H27BrN4O3S. The zero-order valence-corrected chi connectivity index (χ0v) is 21.9. The van der Waals surface area contributed by atoms with E-state index in [0.717, 1.165) is 31.2 Å². The third-order valence-electron chi connectivity index (χ3n) is 5.07. The topological polar surface area (TPSA) is 82.1 Å². The minimum Gasteiger partial charge on any atom is -0.377 e. The van der Waals surface area contributed by atoms with Gasteiger partial charge in [0.2, 0.25) is 0 Å². The van der Waals surface area contributed by atoms with Gasteiger partial charge in [0.05, 0.1) is 22.5 Å². The normalized spacial score (nSPS) is 11.4. The number of amides is 1. The molecule has 0 heterocycles. The lowest BCUT2D eigenvalue weighted by molar-refractivity contribution is -0.119. The Labute approximate surface area is 209 Å². The van der Waals surface area contributed by atoms with Gasteiger partial charge in [-0.1, -0.05) is 41.5 Å². The number of carbonyl (C=O) groups excluding carboxylic acids is 1. The highest BCUT2D eigenvalue weighted by Crippen LogP contribution is 2.26. The van der Waals surface area contributed by atoms with Crippen molar-refractivity contribution >= 4 is 49.4 Å². The van der Waals surface area contributed by atoms with E-state index in [4.69, 9.17) is 0 Å². The van der Waals surface area contributed by atoms with Crippen molar-refractivity contribution in [3.05, 3.63) is 87.9 Å². The van der Waals surface area contributed by atoms with E-state index in [9.17, 15) is 13.2 Å². The summed E-state index contributed by atoms with van der Waals surface area (Å²) in [5, 5.41) is 4.00. The van der Waals surface area contributed by atoms with Crippen molar-refractivity contribution in [3.63, 3.8) is 0 Å². The summed E-state index contributed by atoms with van der Waals surface area (Å²) in [7, 11) is -0.0788. The maximum absolute atomic E-state index is 13.4. The molecule has 0 atom stereocenters. The van der Waals surface area contributed by atoms with E-state index in [0.29, 0.717) is 5.69 Å². The Balaban J connectivity index is 1.80. The Hall–Kier alpha value is -3.17. The first-order chi connectivity index (χ1) is 16.1. The van der Waals surface area contributed by atoms with Crippen LogP contribution in [0.4, 0.5) is 11.4 Å². The van der Waals surface area contributed by atoms with Gasteiger partial charge in [-0.2, -0.15) is 5.10 Å². The van der Waals surface area contributed by atoms with Crippen molar-refractivity contribution in [2.45, 2.75) is 18.7 Å². The van der Waals surface area contributed by atoms with E-state index in [1.54, 1.807) is 36.4 Å². The van der Waals surface area contributed by atoms with E-state index >= 15 is 0 Å². The van der Waals surface area contributed by atoms with Crippen LogP contribution in [0.1, 0.15) is 16.7 Å². The molecule has 0 aliphatic carbocycles. The molecule has 0 unspecified atom stereocenters. The van der Waals surface area contributed by atoms with E-state index < -0.39 is 22.5 Å². The van der Waals surface area contributed by atoms with Crippen LogP contribution in [-0.2, 0) is 14.8 Å². The lowest BCUT2D eigenvalue weighted by Gasteiger charge is -2.24. The van der Waals surface area contributed by atoms with Crippen LogP contribution < -0.4 is 14.6 Å². The number of carbonyl (C=O) groups is 1. The average molecular weight is 543 g/mol. The van der Waals surface area contributed by atoms with Gasteiger partial charge in [0.1, 0.15) is 6.54 Å². The van der Waals surface area contributed by atoms with E-state index in [1.165, 1.54) is 18.3 Å². The van der Waals surface area contributed by atoms with Crippen LogP contribution in [0.5, 0.6) is 0 Å². The van der Waals surface area contributed by atoms with Crippen LogP contribution in [0, 0.1) is 13.8 Å². The second-order valence-corrected chi connectivity index (χ2v) is 10.8. The Bertz CT molecular complexity index is 1290. The summed E-state index contributed by atoms with van der Waals surface area (Å²) < 4.78 is 28.7. The maximum Gasteiger partial charge on any atom is 0.264 e. The molecule has 0 aromatic heterocycles. The molecule has 0 saturated heterocycles. The summed E-state index contributed by atoms with van der Waals surface area (Å²) in [6, 6.07) is 19.2. The van der Waals surface area contributed by atoms with Gasteiger partial charge in [-0.25, -0.2) is 13.8 Å². The molecule has 3 aromatic carbocycles. The minimum absolute atomic E-state index is 0.112. The highest BCUT2D eigenvalue weighted by Gasteiger charge is 2.27. The van der Waals surface area contributed by atoms with Crippen molar-refractivity contribution in [2.75, 3.05) is 29.8 Å². The number of halogens is 1. The van der Waals surface area contributed by atoms with Crippen molar-refractivity contribution in [1.29, 1.82) is 0 Å². The molecule has 1 N–H and O–H groups in total. The average Bonchev–Trinajstić information content (AvgIpc) is 2.78. The van der Waals surface area contributed by atoms with Gasteiger partial charge >= 0.3 is 0 Å². The number of anilines is 2. The lowest BCUT2D eigenvalue weighted by atomic mass is 10.2. The summed E-state index contributed by atoms with van der Waals surface area (Å²) in [6.07, 6.45) is 1.51. The molecule has 3 aromatic rings. The summed E-state index contributed by atoms with van der Waals surface area (Å²) in [4.78, 5) is 14.8. The third-order valence-corrected chi connectivity index (χ3v) is 7.50. The fourth-order valence-electron chi connectivity index (χ4n) is 3.17. The number of hydrogen-bond acceptors (Lipinski definition) is 5. The van der Waals surface area contributed by atoms with Crippen molar-refractivity contribution in [3.8, 4) is 0 Å². The molecule has 7 nitrogen and oxygen atoms in total. The van der Waals surface area contributed by atoms with Crippen LogP contribution in [0.25, 0.3) is 0 Å². The van der Waals surface area contributed by atoms with E-state index in [-0.39, 0.29) is 4.90 Å². The number of nitrogens with zero attached hydrogens (tertiary/aromatic N) is 3. The summed E-state index contributed by atoms with van der Waals surface area (Å²) >= 11 is 3.52. The molecule has 3 rings (SSSR count). The highest BCUT2D eigenvalue weighted by atomic mass is 79.9. The maximum atomic E-state index is 13.4. The molecule has 0 bridgehead atoms. The summed E-state index contributed by atoms with van der Waals surface area (Å²) in [6.45, 7) is 3.37. The van der Waals surface area contributed by atoms with Crippen molar-refractivity contribution < 1.29 is 13.2 Å². The number of aryl methyl sites for hydroxylation is 2. The molecular weight excluding hydrogens is 516 g/mol. The monoisotopic (exact) mass is 542 g/mol. The Morgan fingerprint density at radius 1 is 0.971 bits per heavy atom. The fourth-order valence-corrected chi connectivity index (χ4v) is 5.35. The SMILES string of the molecule is Cc1ccc(N(CC(=O)N/N=C/c2ccc(N(C)C)c(Br)c2)S(=O)(=O)c2ccc(C)cc2)cc1. The second-order valence-electron chi connectivity index (χ2n) is 8.06. The fraction of sp³-hybridized carbons (Fsp3) is 0.200. The van der Waals surface area contributed by atoms with Gasteiger partial charge in [0.25, 0.3) is 15.9 Å². The molecule has 1 amide bonds. The van der Waals surface area contributed by atoms with E-state index in [2.05, 4.69) is 26.5 Å². The summed E-state index contributed by atoms with van der Waals surface area (Å²) in [5.41, 5.74) is 6.54. The number of nitrogens with one attached hydrogen (secondary N) is 1. The van der Waals surface area contributed by atoms with Crippen molar-refractivity contribution in [1.82, 2.24) is 5.43 Å². The minimum atomic E-state index is -3.96. The molecule has 0 saturated carbocycles. The highest BCUT2D eigenvalue weighted by molar-refractivity contribution is 9.10. The van der Waals surface area contributed by atoms with Gasteiger partial charge in [0, 0.05) is 18.6 Å². The van der Waals surface area contributed by atoms with Gasteiger partial charge in [0.15, 0.2) is 0 Å². The zero-order chi connectivity index (χ0) is 24.9. The molecule has 0 aliphatic rings. The first kappa shape index (κ1) is 25.5. The first-order valence-corrected chi connectivity index (χ1v) is 12.8. The van der Waals surface area contributed by atoms with Gasteiger partial charge < -0.3 is 4.90 Å². The van der Waals surface area contributed by atoms with Gasteiger partial charge in [-0.05, 0) is 71.7 Å². The number of sulfonamides is 1. The summed E-state index contributed by atoms with van der Waals surface area (Å²) in [5.74, 6) is -0.559.